The molecule has 0 spiro atoms. The fraction of sp³-hybridized carbons (Fsp3) is 0. The molecule has 124 valence electrons. The summed E-state index contributed by atoms with van der Waals surface area (Å²) in [6.45, 7) is 0. The van der Waals surface area contributed by atoms with Crippen molar-refractivity contribution in [2.24, 2.45) is 0 Å². The molecular weight excluding hydrogens is 334 g/mol. The summed E-state index contributed by atoms with van der Waals surface area (Å²) in [7, 11) is 0. The van der Waals surface area contributed by atoms with Gasteiger partial charge < -0.3 is 5.32 Å². The highest BCUT2D eigenvalue weighted by atomic mass is 32.1. The van der Waals surface area contributed by atoms with Gasteiger partial charge in [0.05, 0.1) is 0 Å². The molecule has 2 heteroatoms. The Morgan fingerprint density at radius 2 is 1.15 bits per heavy atom. The number of anilines is 2. The maximum atomic E-state index is 3.53. The summed E-state index contributed by atoms with van der Waals surface area (Å²) in [6.07, 6.45) is 0. The minimum Gasteiger partial charge on any atom is -0.355 e. The first-order valence-corrected chi connectivity index (χ1v) is 9.52. The van der Waals surface area contributed by atoms with Crippen molar-refractivity contribution in [1.82, 2.24) is 0 Å². The lowest BCUT2D eigenvalue weighted by Crippen LogP contribution is -1.89. The zero-order chi connectivity index (χ0) is 17.3. The van der Waals surface area contributed by atoms with Crippen LogP contribution in [0.3, 0.4) is 0 Å². The van der Waals surface area contributed by atoms with E-state index in [0.717, 1.165) is 11.4 Å². The van der Waals surface area contributed by atoms with Crippen LogP contribution in [-0.2, 0) is 0 Å². The Kier molecular flexibility index (Phi) is 3.69. The Morgan fingerprint density at radius 1 is 0.500 bits per heavy atom. The molecule has 4 aromatic carbocycles. The maximum Gasteiger partial charge on any atom is 0.0398 e. The Hall–Kier alpha value is -3.10. The number of hydrogen-bond acceptors (Lipinski definition) is 2. The first-order chi connectivity index (χ1) is 12.9. The molecule has 1 heterocycles. The average molecular weight is 351 g/mol. The van der Waals surface area contributed by atoms with Crippen LogP contribution < -0.4 is 5.32 Å². The van der Waals surface area contributed by atoms with Crippen molar-refractivity contribution in [3.63, 3.8) is 0 Å². The second-order valence-corrected chi connectivity index (χ2v) is 7.46. The normalized spacial score (nSPS) is 11.1. The first kappa shape index (κ1) is 15.2. The van der Waals surface area contributed by atoms with E-state index in [0.29, 0.717) is 0 Å². The van der Waals surface area contributed by atoms with Crippen LogP contribution in [0.2, 0.25) is 0 Å². The van der Waals surface area contributed by atoms with E-state index >= 15 is 0 Å². The summed E-state index contributed by atoms with van der Waals surface area (Å²) < 4.78 is 2.66. The van der Waals surface area contributed by atoms with Crippen LogP contribution in [0.25, 0.3) is 31.3 Å². The topological polar surface area (TPSA) is 12.0 Å². The number of hydrogen-bond donors (Lipinski definition) is 1. The predicted octanol–water partition coefficient (Wildman–Crippen LogP) is 7.47. The molecule has 26 heavy (non-hydrogen) atoms. The molecule has 0 atom stereocenters. The van der Waals surface area contributed by atoms with Gasteiger partial charge in [-0.25, -0.2) is 0 Å². The summed E-state index contributed by atoms with van der Waals surface area (Å²) >= 11 is 1.85. The average Bonchev–Trinajstić information content (AvgIpc) is 3.07. The van der Waals surface area contributed by atoms with Gasteiger partial charge in [0.2, 0.25) is 0 Å². The van der Waals surface area contributed by atoms with Crippen LogP contribution in [0.4, 0.5) is 11.4 Å². The summed E-state index contributed by atoms with van der Waals surface area (Å²) in [4.78, 5) is 0. The Bertz CT molecular complexity index is 1190. The second-order valence-electron chi connectivity index (χ2n) is 6.38. The SMILES string of the molecule is c1ccc(-c2ccc(Nc3ccc4c(c3)sc3ccccc34)cc2)cc1. The van der Waals surface area contributed by atoms with Gasteiger partial charge in [-0.05, 0) is 41.5 Å². The highest BCUT2D eigenvalue weighted by Gasteiger charge is 2.05. The van der Waals surface area contributed by atoms with Crippen molar-refractivity contribution in [3.05, 3.63) is 97.1 Å². The van der Waals surface area contributed by atoms with Crippen LogP contribution in [0.5, 0.6) is 0 Å². The van der Waals surface area contributed by atoms with Crippen molar-refractivity contribution in [1.29, 1.82) is 0 Å². The molecule has 0 saturated heterocycles. The van der Waals surface area contributed by atoms with Gasteiger partial charge in [0.25, 0.3) is 0 Å². The summed E-state index contributed by atoms with van der Waals surface area (Å²) in [5, 5.41) is 6.19. The molecule has 5 aromatic rings. The predicted molar refractivity (Wildman–Crippen MR) is 114 cm³/mol. The van der Waals surface area contributed by atoms with Gasteiger partial charge in [-0.2, -0.15) is 0 Å². The van der Waals surface area contributed by atoms with E-state index in [4.69, 9.17) is 0 Å². The molecule has 0 bridgehead atoms. The van der Waals surface area contributed by atoms with Crippen molar-refractivity contribution < 1.29 is 0 Å². The van der Waals surface area contributed by atoms with Gasteiger partial charge >= 0.3 is 0 Å². The molecule has 0 unspecified atom stereocenters. The third-order valence-electron chi connectivity index (χ3n) is 4.66. The first-order valence-electron chi connectivity index (χ1n) is 8.71. The van der Waals surface area contributed by atoms with Crippen molar-refractivity contribution in [2.75, 3.05) is 5.32 Å². The molecule has 0 fully saturated rings. The van der Waals surface area contributed by atoms with Crippen LogP contribution >= 0.6 is 11.3 Å². The van der Waals surface area contributed by atoms with Gasteiger partial charge in [-0.15, -0.1) is 11.3 Å². The Morgan fingerprint density at radius 3 is 2.00 bits per heavy atom. The van der Waals surface area contributed by atoms with E-state index in [1.54, 1.807) is 0 Å². The molecule has 1 aromatic heterocycles. The Labute approximate surface area is 156 Å². The van der Waals surface area contributed by atoms with E-state index < -0.39 is 0 Å². The molecule has 0 amide bonds. The lowest BCUT2D eigenvalue weighted by atomic mass is 10.1. The largest absolute Gasteiger partial charge is 0.355 e. The molecule has 0 aliphatic rings. The van der Waals surface area contributed by atoms with Gasteiger partial charge in [0.1, 0.15) is 0 Å². The van der Waals surface area contributed by atoms with Gasteiger partial charge in [0, 0.05) is 31.5 Å². The maximum absolute atomic E-state index is 3.53. The number of benzene rings is 4. The van der Waals surface area contributed by atoms with Crippen molar-refractivity contribution in [3.8, 4) is 11.1 Å². The van der Waals surface area contributed by atoms with Gasteiger partial charge in [0.15, 0.2) is 0 Å². The fourth-order valence-electron chi connectivity index (χ4n) is 3.35. The van der Waals surface area contributed by atoms with Crippen LogP contribution in [0.15, 0.2) is 97.1 Å². The van der Waals surface area contributed by atoms with Crippen molar-refractivity contribution >= 4 is 42.9 Å². The molecule has 1 N–H and O–H groups in total. The third kappa shape index (κ3) is 2.75. The van der Waals surface area contributed by atoms with Crippen molar-refractivity contribution in [2.45, 2.75) is 0 Å². The number of fused-ring (bicyclic) bond motifs is 3. The van der Waals surface area contributed by atoms with Gasteiger partial charge in [-0.1, -0.05) is 66.7 Å². The standard InChI is InChI=1S/C24H17NS/c1-2-6-17(7-3-1)18-10-12-19(13-11-18)25-20-14-15-22-21-8-4-5-9-23(21)26-24(22)16-20/h1-16,25H. The monoisotopic (exact) mass is 351 g/mol. The molecule has 5 rings (SSSR count). The third-order valence-corrected chi connectivity index (χ3v) is 5.79. The molecule has 0 saturated carbocycles. The van der Waals surface area contributed by atoms with E-state index in [9.17, 15) is 0 Å². The summed E-state index contributed by atoms with van der Waals surface area (Å²) in [5.74, 6) is 0. The number of nitrogens with one attached hydrogen (secondary N) is 1. The van der Waals surface area contributed by atoms with E-state index in [1.807, 2.05) is 17.4 Å². The highest BCUT2D eigenvalue weighted by molar-refractivity contribution is 7.25. The zero-order valence-corrected chi connectivity index (χ0v) is 15.0. The fourth-order valence-corrected chi connectivity index (χ4v) is 4.49. The van der Waals surface area contributed by atoms with Crippen LogP contribution in [0, 0.1) is 0 Å². The molecular formula is C24H17NS. The molecule has 0 aliphatic heterocycles. The van der Waals surface area contributed by atoms with Crippen LogP contribution in [-0.4, -0.2) is 0 Å². The lowest BCUT2D eigenvalue weighted by molar-refractivity contribution is 1.56. The molecule has 0 aliphatic carbocycles. The smallest absolute Gasteiger partial charge is 0.0398 e. The highest BCUT2D eigenvalue weighted by Crippen LogP contribution is 2.35. The number of thiophene rings is 1. The minimum atomic E-state index is 1.10. The van der Waals surface area contributed by atoms with Crippen LogP contribution in [0.1, 0.15) is 0 Å². The minimum absolute atomic E-state index is 1.10. The zero-order valence-electron chi connectivity index (χ0n) is 14.1. The molecule has 1 nitrogen and oxygen atoms in total. The van der Waals surface area contributed by atoms with Gasteiger partial charge in [-0.3, -0.25) is 0 Å². The van der Waals surface area contributed by atoms with E-state index in [-0.39, 0.29) is 0 Å². The lowest BCUT2D eigenvalue weighted by Gasteiger charge is -2.08. The van der Waals surface area contributed by atoms with E-state index in [2.05, 4.69) is 96.3 Å². The summed E-state index contributed by atoms with van der Waals surface area (Å²) in [6, 6.07) is 34.3. The second kappa shape index (κ2) is 6.32. The summed E-state index contributed by atoms with van der Waals surface area (Å²) in [5.41, 5.74) is 4.70. The Balaban J connectivity index is 1.44. The number of rotatable bonds is 3. The quantitative estimate of drug-likeness (QED) is 0.355. The van der Waals surface area contributed by atoms with E-state index in [1.165, 1.54) is 31.3 Å². The molecule has 0 radical (unpaired) electrons.